The van der Waals surface area contributed by atoms with Gasteiger partial charge in [-0.05, 0) is 31.1 Å². The Bertz CT molecular complexity index is 1630. The van der Waals surface area contributed by atoms with Crippen LogP contribution in [0.4, 0.5) is 0 Å². The van der Waals surface area contributed by atoms with E-state index in [1.54, 1.807) is 0 Å². The molecular weight excluding hydrogens is 728 g/mol. The number of ether oxygens (including phenoxy) is 2. The quantitative estimate of drug-likeness (QED) is 0.0613. The summed E-state index contributed by atoms with van der Waals surface area (Å²) in [5.74, 6) is -46.1. The lowest BCUT2D eigenvalue weighted by molar-refractivity contribution is -0.183. The second kappa shape index (κ2) is 16.0. The molecule has 0 amide bonds. The summed E-state index contributed by atoms with van der Waals surface area (Å²) in [5.41, 5.74) is 0. The van der Waals surface area contributed by atoms with E-state index in [0.717, 1.165) is 0 Å². The van der Waals surface area contributed by atoms with E-state index in [2.05, 4.69) is 4.74 Å². The third-order valence-electron chi connectivity index (χ3n) is 10.3. The van der Waals surface area contributed by atoms with Crippen LogP contribution < -0.4 is 0 Å². The zero-order valence-electron chi connectivity index (χ0n) is 26.8. The van der Waals surface area contributed by atoms with Crippen LogP contribution in [0.15, 0.2) is 0 Å². The molecule has 3 saturated carbocycles. The van der Waals surface area contributed by atoms with Crippen LogP contribution in [-0.4, -0.2) is 124 Å². The van der Waals surface area contributed by atoms with E-state index in [1.807, 2.05) is 0 Å². The van der Waals surface area contributed by atoms with Crippen molar-refractivity contribution in [1.29, 1.82) is 0 Å². The SMILES string of the molecule is O=C(CC1C(C(=O)O)CC(C(=O)O)C1C(=O)O)OC(=O)C(OC(=O)CC1C(C(=O)O)CC(C(=O)O)C1C(=O)O)C1C(C(=O)O)CC(C(=O)O)C1C(=O)O. The van der Waals surface area contributed by atoms with Crippen molar-refractivity contribution >= 4 is 71.6 Å². The van der Waals surface area contributed by atoms with Gasteiger partial charge in [-0.15, -0.1) is 0 Å². The summed E-state index contributed by atoms with van der Waals surface area (Å²) < 4.78 is 9.69. The van der Waals surface area contributed by atoms with Crippen molar-refractivity contribution in [2.45, 2.75) is 38.2 Å². The first-order chi connectivity index (χ1) is 24.5. The first kappa shape index (κ1) is 41.3. The predicted molar refractivity (Wildman–Crippen MR) is 155 cm³/mol. The molecule has 0 aliphatic heterocycles. The van der Waals surface area contributed by atoms with E-state index in [4.69, 9.17) is 4.74 Å². The van der Waals surface area contributed by atoms with Gasteiger partial charge in [0.1, 0.15) is 0 Å². The van der Waals surface area contributed by atoms with Gasteiger partial charge in [-0.1, -0.05) is 0 Å². The normalized spacial score (nSPS) is 32.5. The minimum Gasteiger partial charge on any atom is -0.481 e. The Morgan fingerprint density at radius 3 is 1.08 bits per heavy atom. The van der Waals surface area contributed by atoms with Gasteiger partial charge >= 0.3 is 71.6 Å². The first-order valence-corrected chi connectivity index (χ1v) is 15.5. The molecule has 3 aliphatic rings. The number of carbonyl (C=O) groups excluding carboxylic acids is 3. The Kier molecular flexibility index (Phi) is 12.5. The van der Waals surface area contributed by atoms with Crippen molar-refractivity contribution in [3.63, 3.8) is 0 Å². The van der Waals surface area contributed by atoms with Crippen molar-refractivity contribution < 1.29 is 113 Å². The zero-order chi connectivity index (χ0) is 40.4. The van der Waals surface area contributed by atoms with Gasteiger partial charge in [0, 0.05) is 5.92 Å². The van der Waals surface area contributed by atoms with Crippen molar-refractivity contribution in [3.05, 3.63) is 0 Å². The summed E-state index contributed by atoms with van der Waals surface area (Å²) >= 11 is 0. The van der Waals surface area contributed by atoms with Crippen LogP contribution in [-0.2, 0) is 67.0 Å². The predicted octanol–water partition coefficient (Wildman–Crippen LogP) is -1.88. The molecule has 23 heteroatoms. The van der Waals surface area contributed by atoms with E-state index >= 15 is 0 Å². The first-order valence-electron chi connectivity index (χ1n) is 15.5. The Hall–Kier alpha value is -6.16. The Labute approximate surface area is 294 Å². The number of carboxylic acids is 9. The molecule has 0 aromatic rings. The highest BCUT2D eigenvalue weighted by Crippen LogP contribution is 2.48. The molecule has 0 aromatic heterocycles. The highest BCUT2D eigenvalue weighted by Gasteiger charge is 2.60. The maximum Gasteiger partial charge on any atom is 0.355 e. The van der Waals surface area contributed by atoms with Crippen molar-refractivity contribution in [2.24, 2.45) is 71.0 Å². The van der Waals surface area contributed by atoms with Crippen LogP contribution in [0, 0.1) is 71.0 Å². The van der Waals surface area contributed by atoms with Crippen LogP contribution in [0.2, 0.25) is 0 Å². The van der Waals surface area contributed by atoms with Crippen LogP contribution in [0.25, 0.3) is 0 Å². The Balaban J connectivity index is 2.04. The second-order valence-electron chi connectivity index (χ2n) is 13.0. The van der Waals surface area contributed by atoms with Gasteiger partial charge in [0.15, 0.2) is 0 Å². The lowest BCUT2D eigenvalue weighted by Gasteiger charge is -2.29. The molecule has 23 nitrogen and oxygen atoms in total. The van der Waals surface area contributed by atoms with Crippen molar-refractivity contribution in [3.8, 4) is 0 Å². The van der Waals surface area contributed by atoms with E-state index in [0.29, 0.717) is 0 Å². The third kappa shape index (κ3) is 8.49. The van der Waals surface area contributed by atoms with Crippen LogP contribution in [0.1, 0.15) is 32.1 Å². The number of esters is 3. The molecule has 0 bridgehead atoms. The molecule has 290 valence electrons. The van der Waals surface area contributed by atoms with Crippen LogP contribution in [0.3, 0.4) is 0 Å². The topological polar surface area (TPSA) is 405 Å². The number of carbonyl (C=O) groups is 12. The van der Waals surface area contributed by atoms with E-state index < -0.39 is 181 Å². The number of aliphatic carboxylic acids is 9. The van der Waals surface area contributed by atoms with Crippen molar-refractivity contribution in [1.82, 2.24) is 0 Å². The maximum atomic E-state index is 13.5. The third-order valence-corrected chi connectivity index (χ3v) is 10.3. The van der Waals surface area contributed by atoms with Crippen LogP contribution in [0.5, 0.6) is 0 Å². The highest BCUT2D eigenvalue weighted by molar-refractivity contribution is 5.93. The summed E-state index contributed by atoms with van der Waals surface area (Å²) in [6, 6.07) is 0. The van der Waals surface area contributed by atoms with Gasteiger partial charge in [-0.25, -0.2) is 4.79 Å². The van der Waals surface area contributed by atoms with Gasteiger partial charge in [0.05, 0.1) is 66.1 Å². The Morgan fingerprint density at radius 1 is 0.415 bits per heavy atom. The lowest BCUT2D eigenvalue weighted by Crippen LogP contribution is -2.46. The van der Waals surface area contributed by atoms with Crippen LogP contribution >= 0.6 is 0 Å². The zero-order valence-corrected chi connectivity index (χ0v) is 26.8. The van der Waals surface area contributed by atoms with Gasteiger partial charge in [-0.2, -0.15) is 0 Å². The molecule has 13 unspecified atom stereocenters. The fourth-order valence-corrected chi connectivity index (χ4v) is 8.04. The van der Waals surface area contributed by atoms with E-state index in [9.17, 15) is 103 Å². The van der Waals surface area contributed by atoms with E-state index in [1.165, 1.54) is 0 Å². The molecule has 13 atom stereocenters. The molecule has 3 aliphatic carbocycles. The molecule has 9 N–H and O–H groups in total. The fraction of sp³-hybridized carbons (Fsp3) is 0.600. The van der Waals surface area contributed by atoms with Gasteiger partial charge in [0.2, 0.25) is 6.10 Å². The molecule has 0 spiro atoms. The summed E-state index contributed by atoms with van der Waals surface area (Å²) in [7, 11) is 0. The van der Waals surface area contributed by atoms with E-state index in [-0.39, 0.29) is 0 Å². The molecule has 0 radical (unpaired) electrons. The molecular formula is C30H32O23. The highest BCUT2D eigenvalue weighted by atomic mass is 16.6. The molecule has 3 fully saturated rings. The molecule has 0 saturated heterocycles. The number of hydrogen-bond donors (Lipinski definition) is 9. The van der Waals surface area contributed by atoms with Gasteiger partial charge < -0.3 is 55.4 Å². The lowest BCUT2D eigenvalue weighted by atomic mass is 9.82. The van der Waals surface area contributed by atoms with Gasteiger partial charge in [-0.3, -0.25) is 52.7 Å². The summed E-state index contributed by atoms with van der Waals surface area (Å²) in [6.45, 7) is 0. The molecule has 3 rings (SSSR count). The number of rotatable bonds is 16. The Morgan fingerprint density at radius 2 is 0.736 bits per heavy atom. The monoisotopic (exact) mass is 760 g/mol. The standard InChI is InChI=1S/C30H32O23/c31-14(4-6-8(21(33)34)1-10(23(37)38)16(6)27(45)46)52-20(18-12(25(41)42)3-13(26(43)44)19(18)29(49)50)30(51)53-15(32)5-7-9(22(35)36)2-11(24(39)40)17(7)28(47)48/h6-13,16-20H,1-5H2,(H,33,34)(H,35,36)(H,37,38)(H,39,40)(H,41,42)(H,43,44)(H,45,46)(H,47,48)(H,49,50). The molecule has 0 heterocycles. The maximum absolute atomic E-state index is 13.5. The summed E-state index contributed by atoms with van der Waals surface area (Å²) in [5, 5.41) is 86.9. The van der Waals surface area contributed by atoms with Crippen molar-refractivity contribution in [2.75, 3.05) is 0 Å². The average molecular weight is 761 g/mol. The molecule has 53 heavy (non-hydrogen) atoms. The fourth-order valence-electron chi connectivity index (χ4n) is 8.04. The average Bonchev–Trinajstić information content (AvgIpc) is 3.72. The van der Waals surface area contributed by atoms with Gasteiger partial charge in [0.25, 0.3) is 0 Å². The minimum atomic E-state index is -2.85. The number of carboxylic acid groups (broad SMARTS) is 9. The smallest absolute Gasteiger partial charge is 0.355 e. The number of hydrogen-bond acceptors (Lipinski definition) is 14. The largest absolute Gasteiger partial charge is 0.481 e. The summed E-state index contributed by atoms with van der Waals surface area (Å²) in [4.78, 5) is 147. The minimum absolute atomic E-state index is 0.772. The summed E-state index contributed by atoms with van der Waals surface area (Å²) in [6.07, 6.45) is -8.00. The molecule has 0 aromatic carbocycles. The second-order valence-corrected chi connectivity index (χ2v) is 13.0.